The highest BCUT2D eigenvalue weighted by molar-refractivity contribution is 5.89. The monoisotopic (exact) mass is 459 g/mol. The zero-order chi connectivity index (χ0) is 23.9. The van der Waals surface area contributed by atoms with Gasteiger partial charge in [-0.05, 0) is 42.2 Å². The van der Waals surface area contributed by atoms with Gasteiger partial charge in [0.2, 0.25) is 11.8 Å². The van der Waals surface area contributed by atoms with Gasteiger partial charge in [0.25, 0.3) is 0 Å². The molecule has 8 nitrogen and oxygen atoms in total. The number of nitrogens with one attached hydrogen (secondary N) is 1. The SMILES string of the molecule is CC(C)CCNC(=O)C(c1ccccc1)N(Cc1ccco1)C(=O)Cn1nnc2ccccc21. The Hall–Kier alpha value is -3.94. The van der Waals surface area contributed by atoms with Crippen molar-refractivity contribution in [2.75, 3.05) is 6.54 Å². The Balaban J connectivity index is 1.66. The van der Waals surface area contributed by atoms with E-state index in [-0.39, 0.29) is 24.9 Å². The van der Waals surface area contributed by atoms with E-state index in [1.165, 1.54) is 0 Å². The molecule has 1 unspecified atom stereocenters. The summed E-state index contributed by atoms with van der Waals surface area (Å²) in [6, 6.07) is 19.5. The second-order valence-corrected chi connectivity index (χ2v) is 8.62. The predicted molar refractivity (Wildman–Crippen MR) is 128 cm³/mol. The standard InChI is InChI=1S/C26H29N5O3/c1-19(2)14-15-27-26(33)25(20-9-4-3-5-10-20)30(17-21-11-8-16-34-21)24(32)18-31-23-13-7-6-12-22(23)28-29-31/h3-13,16,19,25H,14-15,17-18H2,1-2H3,(H,27,33). The number of carbonyl (C=O) groups is 2. The molecule has 0 aliphatic carbocycles. The van der Waals surface area contributed by atoms with Crippen molar-refractivity contribution in [1.29, 1.82) is 0 Å². The second-order valence-electron chi connectivity index (χ2n) is 8.62. The van der Waals surface area contributed by atoms with Crippen molar-refractivity contribution in [3.63, 3.8) is 0 Å². The Morgan fingerprint density at radius 3 is 2.53 bits per heavy atom. The summed E-state index contributed by atoms with van der Waals surface area (Å²) in [6.07, 6.45) is 2.41. The number of fused-ring (bicyclic) bond motifs is 1. The van der Waals surface area contributed by atoms with Crippen LogP contribution in [0.15, 0.2) is 77.4 Å². The minimum absolute atomic E-state index is 0.0518. The van der Waals surface area contributed by atoms with Gasteiger partial charge in [-0.3, -0.25) is 9.59 Å². The van der Waals surface area contributed by atoms with Gasteiger partial charge in [0.05, 0.1) is 18.3 Å². The molecule has 0 spiro atoms. The van der Waals surface area contributed by atoms with Crippen molar-refractivity contribution in [3.05, 3.63) is 84.3 Å². The van der Waals surface area contributed by atoms with Gasteiger partial charge in [-0.2, -0.15) is 0 Å². The first kappa shape index (κ1) is 23.2. The van der Waals surface area contributed by atoms with Gasteiger partial charge in [0, 0.05) is 6.54 Å². The summed E-state index contributed by atoms with van der Waals surface area (Å²) >= 11 is 0. The summed E-state index contributed by atoms with van der Waals surface area (Å²) in [5.41, 5.74) is 2.19. The number of benzene rings is 2. The van der Waals surface area contributed by atoms with Crippen LogP contribution in [-0.2, 0) is 22.7 Å². The highest BCUT2D eigenvalue weighted by Gasteiger charge is 2.32. The van der Waals surface area contributed by atoms with Crippen LogP contribution in [0.3, 0.4) is 0 Å². The molecule has 0 bridgehead atoms. The molecule has 0 radical (unpaired) electrons. The number of hydrogen-bond donors (Lipinski definition) is 1. The maximum atomic E-state index is 13.7. The van der Waals surface area contributed by atoms with E-state index < -0.39 is 6.04 Å². The van der Waals surface area contributed by atoms with E-state index in [1.54, 1.807) is 28.0 Å². The third kappa shape index (κ3) is 5.51. The van der Waals surface area contributed by atoms with Gasteiger partial charge < -0.3 is 14.6 Å². The van der Waals surface area contributed by atoms with Gasteiger partial charge in [0.1, 0.15) is 23.9 Å². The largest absolute Gasteiger partial charge is 0.467 e. The number of amides is 2. The van der Waals surface area contributed by atoms with E-state index in [1.807, 2.05) is 54.6 Å². The average molecular weight is 460 g/mol. The number of aromatic nitrogens is 3. The normalized spacial score (nSPS) is 12.1. The number of para-hydroxylation sites is 1. The smallest absolute Gasteiger partial charge is 0.247 e. The molecule has 1 N–H and O–H groups in total. The third-order valence-electron chi connectivity index (χ3n) is 5.63. The first-order chi connectivity index (χ1) is 16.5. The Bertz CT molecular complexity index is 1220. The fourth-order valence-corrected chi connectivity index (χ4v) is 3.84. The maximum Gasteiger partial charge on any atom is 0.247 e. The molecule has 176 valence electrons. The highest BCUT2D eigenvalue weighted by Crippen LogP contribution is 2.25. The van der Waals surface area contributed by atoms with E-state index in [0.717, 1.165) is 17.5 Å². The van der Waals surface area contributed by atoms with E-state index in [0.29, 0.717) is 23.7 Å². The minimum Gasteiger partial charge on any atom is -0.467 e. The van der Waals surface area contributed by atoms with Crippen molar-refractivity contribution in [3.8, 4) is 0 Å². The van der Waals surface area contributed by atoms with Crippen molar-refractivity contribution in [2.45, 2.75) is 39.4 Å². The number of nitrogens with zero attached hydrogens (tertiary/aromatic N) is 4. The van der Waals surface area contributed by atoms with Crippen molar-refractivity contribution in [1.82, 2.24) is 25.2 Å². The lowest BCUT2D eigenvalue weighted by Crippen LogP contribution is -2.45. The lowest BCUT2D eigenvalue weighted by atomic mass is 10.0. The first-order valence-corrected chi connectivity index (χ1v) is 11.5. The molecule has 0 fully saturated rings. The van der Waals surface area contributed by atoms with E-state index >= 15 is 0 Å². The molecule has 2 aromatic carbocycles. The summed E-state index contributed by atoms with van der Waals surface area (Å²) in [6.45, 7) is 4.85. The van der Waals surface area contributed by atoms with E-state index in [9.17, 15) is 9.59 Å². The molecule has 34 heavy (non-hydrogen) atoms. The Labute approximate surface area is 198 Å². The number of furan rings is 1. The van der Waals surface area contributed by atoms with Crippen molar-refractivity contribution < 1.29 is 14.0 Å². The van der Waals surface area contributed by atoms with Crippen LogP contribution in [0.2, 0.25) is 0 Å². The van der Waals surface area contributed by atoms with E-state index in [2.05, 4.69) is 29.5 Å². The Morgan fingerprint density at radius 1 is 1.03 bits per heavy atom. The van der Waals surface area contributed by atoms with Crippen LogP contribution in [0.1, 0.15) is 37.6 Å². The van der Waals surface area contributed by atoms with Crippen LogP contribution >= 0.6 is 0 Å². The molecular formula is C26H29N5O3. The van der Waals surface area contributed by atoms with Gasteiger partial charge in [-0.25, -0.2) is 4.68 Å². The van der Waals surface area contributed by atoms with Crippen LogP contribution in [0.4, 0.5) is 0 Å². The third-order valence-corrected chi connectivity index (χ3v) is 5.63. The van der Waals surface area contributed by atoms with Crippen LogP contribution in [0, 0.1) is 5.92 Å². The maximum absolute atomic E-state index is 13.7. The molecule has 0 aliphatic heterocycles. The van der Waals surface area contributed by atoms with E-state index in [4.69, 9.17) is 4.42 Å². The molecule has 0 aliphatic rings. The molecule has 4 rings (SSSR count). The lowest BCUT2D eigenvalue weighted by molar-refractivity contribution is -0.142. The number of carbonyl (C=O) groups excluding carboxylic acids is 2. The van der Waals surface area contributed by atoms with Gasteiger partial charge >= 0.3 is 0 Å². The van der Waals surface area contributed by atoms with Crippen LogP contribution in [0.25, 0.3) is 11.0 Å². The van der Waals surface area contributed by atoms with Crippen LogP contribution in [-0.4, -0.2) is 38.3 Å². The Morgan fingerprint density at radius 2 is 1.79 bits per heavy atom. The molecule has 4 aromatic rings. The Kier molecular flexibility index (Phi) is 7.37. The molecule has 2 aromatic heterocycles. The lowest BCUT2D eigenvalue weighted by Gasteiger charge is -2.31. The van der Waals surface area contributed by atoms with Gasteiger partial charge in [-0.15, -0.1) is 5.10 Å². The highest BCUT2D eigenvalue weighted by atomic mass is 16.3. The second kappa shape index (κ2) is 10.8. The average Bonchev–Trinajstić information content (AvgIpc) is 3.49. The summed E-state index contributed by atoms with van der Waals surface area (Å²) in [5, 5.41) is 11.3. The topological polar surface area (TPSA) is 93.3 Å². The summed E-state index contributed by atoms with van der Waals surface area (Å²) in [5.74, 6) is 0.555. The molecule has 8 heteroatoms. The van der Waals surface area contributed by atoms with Crippen molar-refractivity contribution in [2.24, 2.45) is 5.92 Å². The first-order valence-electron chi connectivity index (χ1n) is 11.5. The predicted octanol–water partition coefficient (Wildman–Crippen LogP) is 3.96. The molecule has 0 saturated heterocycles. The van der Waals surface area contributed by atoms with Gasteiger partial charge in [0.15, 0.2) is 0 Å². The molecule has 2 heterocycles. The summed E-state index contributed by atoms with van der Waals surface area (Å²) in [7, 11) is 0. The van der Waals surface area contributed by atoms with Crippen molar-refractivity contribution >= 4 is 22.8 Å². The van der Waals surface area contributed by atoms with Gasteiger partial charge in [-0.1, -0.05) is 61.5 Å². The van der Waals surface area contributed by atoms with Crippen LogP contribution < -0.4 is 5.32 Å². The number of rotatable bonds is 10. The molecule has 1 atom stereocenters. The molecule has 2 amide bonds. The minimum atomic E-state index is -0.819. The zero-order valence-electron chi connectivity index (χ0n) is 19.4. The number of hydrogen-bond acceptors (Lipinski definition) is 5. The zero-order valence-corrected chi connectivity index (χ0v) is 19.4. The quantitative estimate of drug-likeness (QED) is 0.388. The molecule has 0 saturated carbocycles. The van der Waals surface area contributed by atoms with Crippen LogP contribution in [0.5, 0.6) is 0 Å². The summed E-state index contributed by atoms with van der Waals surface area (Å²) < 4.78 is 7.10. The molecular weight excluding hydrogens is 430 g/mol. The fourth-order valence-electron chi connectivity index (χ4n) is 3.84. The summed E-state index contributed by atoms with van der Waals surface area (Å²) in [4.78, 5) is 28.7. The fraction of sp³-hybridized carbons (Fsp3) is 0.308.